The zero-order valence-electron chi connectivity index (χ0n) is 12.7. The minimum atomic E-state index is -0.322. The van der Waals surface area contributed by atoms with Gasteiger partial charge in [-0.2, -0.15) is 0 Å². The van der Waals surface area contributed by atoms with Crippen molar-refractivity contribution in [1.29, 1.82) is 0 Å². The number of ether oxygens (including phenoxy) is 2. The summed E-state index contributed by atoms with van der Waals surface area (Å²) < 4.78 is 12.2. The van der Waals surface area contributed by atoms with Crippen molar-refractivity contribution in [2.24, 2.45) is 0 Å². The summed E-state index contributed by atoms with van der Waals surface area (Å²) in [6.45, 7) is 3.07. The van der Waals surface area contributed by atoms with Crippen molar-refractivity contribution in [2.75, 3.05) is 20.3 Å². The smallest absolute Gasteiger partial charge is 0.243 e. The molecule has 1 atom stereocenters. The van der Waals surface area contributed by atoms with E-state index in [1.54, 1.807) is 36.6 Å². The Morgan fingerprint density at radius 2 is 2.27 bits per heavy atom. The molecule has 118 valence electrons. The third-order valence-electron chi connectivity index (χ3n) is 3.18. The highest BCUT2D eigenvalue weighted by molar-refractivity contribution is 5.79. The van der Waals surface area contributed by atoms with Gasteiger partial charge in [-0.3, -0.25) is 4.79 Å². The monoisotopic (exact) mass is 304 g/mol. The highest BCUT2D eigenvalue weighted by Crippen LogP contribution is 2.14. The fourth-order valence-corrected chi connectivity index (χ4v) is 1.87. The fraction of sp³-hybridized carbons (Fsp3) is 0.400. The number of hydrogen-bond acceptors (Lipinski definition) is 5. The van der Waals surface area contributed by atoms with Gasteiger partial charge in [0, 0.05) is 37.8 Å². The second-order valence-corrected chi connectivity index (χ2v) is 4.71. The van der Waals surface area contributed by atoms with E-state index in [9.17, 15) is 4.79 Å². The van der Waals surface area contributed by atoms with Crippen LogP contribution >= 0.6 is 0 Å². The predicted molar refractivity (Wildman–Crippen MR) is 80.4 cm³/mol. The van der Waals surface area contributed by atoms with Crippen LogP contribution in [0.3, 0.4) is 0 Å². The number of methoxy groups -OCH3 is 1. The highest BCUT2D eigenvalue weighted by Gasteiger charge is 2.14. The van der Waals surface area contributed by atoms with Gasteiger partial charge in [0.25, 0.3) is 0 Å². The molecule has 0 bridgehead atoms. The molecular weight excluding hydrogens is 284 g/mol. The number of amides is 1. The molecule has 0 aliphatic rings. The van der Waals surface area contributed by atoms with Gasteiger partial charge in [0.05, 0.1) is 12.9 Å². The number of nitrogens with one attached hydrogen (secondary N) is 1. The topological polar surface area (TPSA) is 78.3 Å². The standard InChI is InChI=1S/C15H20N4O3/c1-12(19-7-6-16-11-19)14(20)18-10-13-4-3-5-17-15(13)22-9-8-21-2/h3-7,11-12H,8-10H2,1-2H3,(H,18,20)/t12-/m1/s1. The Morgan fingerprint density at radius 3 is 3.00 bits per heavy atom. The van der Waals surface area contributed by atoms with Crippen molar-refractivity contribution >= 4 is 5.91 Å². The van der Waals surface area contributed by atoms with Crippen molar-refractivity contribution in [2.45, 2.75) is 19.5 Å². The van der Waals surface area contributed by atoms with E-state index in [4.69, 9.17) is 9.47 Å². The molecule has 0 aliphatic heterocycles. The van der Waals surface area contributed by atoms with Crippen LogP contribution in [0.4, 0.5) is 0 Å². The number of pyridine rings is 1. The lowest BCUT2D eigenvalue weighted by atomic mass is 10.2. The van der Waals surface area contributed by atoms with Crippen LogP contribution in [0.2, 0.25) is 0 Å². The lowest BCUT2D eigenvalue weighted by Gasteiger charge is -2.14. The van der Waals surface area contributed by atoms with E-state index in [0.717, 1.165) is 5.56 Å². The average Bonchev–Trinajstić information content (AvgIpc) is 3.07. The Labute approximate surface area is 129 Å². The van der Waals surface area contributed by atoms with E-state index in [1.807, 2.05) is 19.1 Å². The summed E-state index contributed by atoms with van der Waals surface area (Å²) >= 11 is 0. The highest BCUT2D eigenvalue weighted by atomic mass is 16.5. The van der Waals surface area contributed by atoms with Crippen molar-refractivity contribution in [3.05, 3.63) is 42.6 Å². The van der Waals surface area contributed by atoms with Gasteiger partial charge in [0.1, 0.15) is 12.6 Å². The third-order valence-corrected chi connectivity index (χ3v) is 3.18. The number of aromatic nitrogens is 3. The van der Waals surface area contributed by atoms with Gasteiger partial charge in [-0.25, -0.2) is 9.97 Å². The van der Waals surface area contributed by atoms with Crippen molar-refractivity contribution in [1.82, 2.24) is 19.9 Å². The lowest BCUT2D eigenvalue weighted by molar-refractivity contribution is -0.124. The number of carbonyl (C=O) groups is 1. The van der Waals surface area contributed by atoms with Crippen molar-refractivity contribution in [3.63, 3.8) is 0 Å². The lowest BCUT2D eigenvalue weighted by Crippen LogP contribution is -2.30. The quantitative estimate of drug-likeness (QED) is 0.741. The molecule has 0 radical (unpaired) electrons. The molecule has 7 nitrogen and oxygen atoms in total. The molecule has 2 aromatic rings. The molecule has 7 heteroatoms. The number of imidazole rings is 1. The van der Waals surface area contributed by atoms with Gasteiger partial charge >= 0.3 is 0 Å². The zero-order chi connectivity index (χ0) is 15.8. The van der Waals surface area contributed by atoms with Crippen molar-refractivity contribution < 1.29 is 14.3 Å². The Hall–Kier alpha value is -2.41. The predicted octanol–water partition coefficient (Wildman–Crippen LogP) is 1.18. The molecule has 1 amide bonds. The maximum atomic E-state index is 12.1. The summed E-state index contributed by atoms with van der Waals surface area (Å²) in [6.07, 6.45) is 6.68. The van der Waals surface area contributed by atoms with Crippen LogP contribution in [0, 0.1) is 0 Å². The first-order valence-electron chi connectivity index (χ1n) is 7.03. The van der Waals surface area contributed by atoms with E-state index in [-0.39, 0.29) is 11.9 Å². The van der Waals surface area contributed by atoms with Crippen LogP contribution in [0.5, 0.6) is 5.88 Å². The summed E-state index contributed by atoms with van der Waals surface area (Å²) in [5.41, 5.74) is 0.824. The number of carbonyl (C=O) groups excluding carboxylic acids is 1. The summed E-state index contributed by atoms with van der Waals surface area (Å²) in [7, 11) is 1.61. The molecule has 0 saturated heterocycles. The molecule has 2 rings (SSSR count). The molecule has 0 saturated carbocycles. The average molecular weight is 304 g/mol. The second kappa shape index (κ2) is 8.14. The molecule has 2 heterocycles. The number of hydrogen-bond donors (Lipinski definition) is 1. The first-order chi connectivity index (χ1) is 10.7. The van der Waals surface area contributed by atoms with Crippen molar-refractivity contribution in [3.8, 4) is 5.88 Å². The van der Waals surface area contributed by atoms with Crippen LogP contribution in [0.25, 0.3) is 0 Å². The second-order valence-electron chi connectivity index (χ2n) is 4.71. The SMILES string of the molecule is COCCOc1ncccc1CNC(=O)[C@@H](C)n1ccnc1. The van der Waals surface area contributed by atoms with E-state index in [1.165, 1.54) is 0 Å². The summed E-state index contributed by atoms with van der Waals surface area (Å²) in [4.78, 5) is 20.3. The van der Waals surface area contributed by atoms with E-state index >= 15 is 0 Å². The Bertz CT molecular complexity index is 586. The normalized spacial score (nSPS) is 11.9. The van der Waals surface area contributed by atoms with E-state index in [0.29, 0.717) is 25.6 Å². The van der Waals surface area contributed by atoms with E-state index in [2.05, 4.69) is 15.3 Å². The Balaban J connectivity index is 1.92. The summed E-state index contributed by atoms with van der Waals surface area (Å²) in [5.74, 6) is 0.417. The third kappa shape index (κ3) is 4.29. The van der Waals surface area contributed by atoms with Gasteiger partial charge in [-0.05, 0) is 13.0 Å². The van der Waals surface area contributed by atoms with Gasteiger partial charge in [-0.15, -0.1) is 0 Å². The molecule has 0 aromatic carbocycles. The number of nitrogens with zero attached hydrogens (tertiary/aromatic N) is 3. The maximum Gasteiger partial charge on any atom is 0.243 e. The van der Waals surface area contributed by atoms with Gasteiger partial charge in [-0.1, -0.05) is 6.07 Å². The van der Waals surface area contributed by atoms with Crippen LogP contribution < -0.4 is 10.1 Å². The molecule has 0 spiro atoms. The first-order valence-corrected chi connectivity index (χ1v) is 7.03. The minimum absolute atomic E-state index is 0.0929. The molecule has 2 aromatic heterocycles. The first kappa shape index (κ1) is 16.0. The van der Waals surface area contributed by atoms with E-state index < -0.39 is 0 Å². The van der Waals surface area contributed by atoms with Gasteiger partial charge in [0.2, 0.25) is 11.8 Å². The molecular formula is C15H20N4O3. The molecule has 0 unspecified atom stereocenters. The van der Waals surface area contributed by atoms with Gasteiger partial charge in [0.15, 0.2) is 0 Å². The Kier molecular flexibility index (Phi) is 5.91. The summed E-state index contributed by atoms with van der Waals surface area (Å²) in [6, 6.07) is 3.36. The van der Waals surface area contributed by atoms with Crippen LogP contribution in [-0.4, -0.2) is 40.8 Å². The Morgan fingerprint density at radius 1 is 1.41 bits per heavy atom. The molecule has 22 heavy (non-hydrogen) atoms. The fourth-order valence-electron chi connectivity index (χ4n) is 1.87. The number of rotatable bonds is 8. The van der Waals surface area contributed by atoms with Crippen LogP contribution in [0.15, 0.2) is 37.1 Å². The zero-order valence-corrected chi connectivity index (χ0v) is 12.7. The maximum absolute atomic E-state index is 12.1. The minimum Gasteiger partial charge on any atom is -0.475 e. The largest absolute Gasteiger partial charge is 0.475 e. The molecule has 1 N–H and O–H groups in total. The summed E-state index contributed by atoms with van der Waals surface area (Å²) in [5, 5.41) is 2.88. The van der Waals surface area contributed by atoms with Crippen LogP contribution in [0.1, 0.15) is 18.5 Å². The van der Waals surface area contributed by atoms with Crippen LogP contribution in [-0.2, 0) is 16.1 Å². The molecule has 0 aliphatic carbocycles. The molecule has 0 fully saturated rings. The van der Waals surface area contributed by atoms with Gasteiger partial charge < -0.3 is 19.4 Å².